The minimum absolute atomic E-state index is 0. The number of hydrogen-bond donors (Lipinski definition) is 0. The second kappa shape index (κ2) is 14.3. The van der Waals surface area contributed by atoms with E-state index in [0.29, 0.717) is 23.1 Å². The van der Waals surface area contributed by atoms with Gasteiger partial charge in [-0.05, 0) is 64.0 Å². The fourth-order valence-electron chi connectivity index (χ4n) is 6.20. The zero-order valence-electron chi connectivity index (χ0n) is 33.7. The maximum Gasteiger partial charge on any atom is 0.0774 e. The van der Waals surface area contributed by atoms with Crippen LogP contribution in [0.15, 0.2) is 120 Å². The van der Waals surface area contributed by atoms with Crippen LogP contribution in [0.5, 0.6) is 0 Å². The summed E-state index contributed by atoms with van der Waals surface area (Å²) < 4.78 is 52.1. The molecule has 8 aromatic rings. The van der Waals surface area contributed by atoms with Crippen molar-refractivity contribution in [1.82, 2.24) is 14.5 Å². The largest absolute Gasteiger partial charge is 0.557 e. The Bertz CT molecular complexity index is 2500. The van der Waals surface area contributed by atoms with Crippen LogP contribution in [-0.4, -0.2) is 14.5 Å². The summed E-state index contributed by atoms with van der Waals surface area (Å²) in [5, 5.41) is 3.28. The predicted octanol–water partition coefficient (Wildman–Crippen LogP) is 11.8. The molecule has 0 N–H and O–H groups in total. The number of hydrogen-bond acceptors (Lipinski definition) is 3. The van der Waals surface area contributed by atoms with E-state index in [1.54, 1.807) is 12.1 Å². The van der Waals surface area contributed by atoms with Gasteiger partial charge < -0.3 is 14.0 Å². The fraction of sp³-hybridized carbons (Fsp3) is 0.182. The molecule has 5 heteroatoms. The number of nitrogens with zero attached hydrogens (tertiary/aromatic N) is 3. The number of pyridine rings is 1. The van der Waals surface area contributed by atoms with E-state index in [2.05, 4.69) is 116 Å². The smallest absolute Gasteiger partial charge is 0.0774 e. The van der Waals surface area contributed by atoms with Crippen molar-refractivity contribution in [2.24, 2.45) is 0 Å². The number of aromatic nitrogens is 3. The van der Waals surface area contributed by atoms with Crippen LogP contribution in [0.2, 0.25) is 0 Å². The number of para-hydroxylation sites is 3. The van der Waals surface area contributed by atoms with Crippen molar-refractivity contribution in [2.75, 3.05) is 0 Å². The molecule has 0 bridgehead atoms. The van der Waals surface area contributed by atoms with Crippen molar-refractivity contribution in [1.29, 1.82) is 0 Å². The molecule has 49 heavy (non-hydrogen) atoms. The van der Waals surface area contributed by atoms with Crippen LogP contribution >= 0.6 is 0 Å². The van der Waals surface area contributed by atoms with Crippen molar-refractivity contribution in [3.8, 4) is 28.3 Å². The Kier molecular flexibility index (Phi) is 7.91. The molecule has 0 atom stereocenters. The predicted molar refractivity (Wildman–Crippen MR) is 199 cm³/mol. The van der Waals surface area contributed by atoms with Crippen LogP contribution in [-0.2, 0) is 20.1 Å². The molecule has 8 rings (SSSR count). The van der Waals surface area contributed by atoms with E-state index >= 15 is 0 Å². The summed E-state index contributed by atoms with van der Waals surface area (Å²) in [6, 6.07) is 38.1. The minimum atomic E-state index is -2.18. The molecular weight excluding hydrogens is 779 g/mol. The summed E-state index contributed by atoms with van der Waals surface area (Å²) in [4.78, 5) is 9.21. The van der Waals surface area contributed by atoms with Gasteiger partial charge in [-0.15, -0.1) is 41.5 Å². The van der Waals surface area contributed by atoms with Crippen LogP contribution in [0.25, 0.3) is 61.1 Å². The van der Waals surface area contributed by atoms with Crippen molar-refractivity contribution in [3.63, 3.8) is 0 Å². The first-order chi connectivity index (χ1) is 25.7. The first-order valence-electron chi connectivity index (χ1n) is 19.1. The number of aryl methyl sites for hydroxylation is 2. The minimum Gasteiger partial charge on any atom is -0.557 e. The third kappa shape index (κ3) is 6.62. The van der Waals surface area contributed by atoms with Crippen molar-refractivity contribution < 1.29 is 32.7 Å². The third-order valence-corrected chi connectivity index (χ3v) is 8.61. The Hall–Kier alpha value is -4.83. The number of furan rings is 1. The maximum absolute atomic E-state index is 7.28. The number of imidazole rings is 1. The standard InChI is InChI=1S/C31H27N2O.C13H12N.Ir/c1-19(2)22-12-9-13-23(20(3)4)29(22)33-28-15-8-7-14-27(28)32-31(33)26-18-34-30-24-11-6-5-10-21(24)16-17-25(26)30;1-10-3-6-12(7-4-10)13-8-5-11(2)9-14-13;/h5-17,19-20H,1-4H3;3-6,8-9H,1-2H3;/q2*-1;/i;1D3,2D3;. The van der Waals surface area contributed by atoms with Crippen LogP contribution in [0.1, 0.15) is 70.0 Å². The average molecular weight is 824 g/mol. The molecule has 0 fully saturated rings. The number of rotatable bonds is 5. The van der Waals surface area contributed by atoms with Crippen LogP contribution in [0.3, 0.4) is 0 Å². The summed E-state index contributed by atoms with van der Waals surface area (Å²) in [6.07, 6.45) is 4.53. The first-order valence-corrected chi connectivity index (χ1v) is 16.1. The summed E-state index contributed by atoms with van der Waals surface area (Å²) in [7, 11) is 0. The van der Waals surface area contributed by atoms with Gasteiger partial charge in [-0.2, -0.15) is 0 Å². The van der Waals surface area contributed by atoms with Gasteiger partial charge in [0.1, 0.15) is 0 Å². The fourth-order valence-corrected chi connectivity index (χ4v) is 6.20. The molecule has 4 nitrogen and oxygen atoms in total. The van der Waals surface area contributed by atoms with Gasteiger partial charge in [0.2, 0.25) is 0 Å². The normalized spacial score (nSPS) is 13.6. The number of benzene rings is 5. The molecule has 0 aliphatic heterocycles. The summed E-state index contributed by atoms with van der Waals surface area (Å²) >= 11 is 0. The Balaban J connectivity index is 0.000000211. The maximum atomic E-state index is 7.28. The molecule has 0 spiro atoms. The van der Waals surface area contributed by atoms with Crippen molar-refractivity contribution in [3.05, 3.63) is 150 Å². The van der Waals surface area contributed by atoms with E-state index in [9.17, 15) is 0 Å². The number of fused-ring (bicyclic) bond motifs is 4. The Morgan fingerprint density at radius 2 is 1.47 bits per heavy atom. The van der Waals surface area contributed by atoms with Gasteiger partial charge in [0.05, 0.1) is 16.9 Å². The van der Waals surface area contributed by atoms with Gasteiger partial charge in [0.25, 0.3) is 0 Å². The van der Waals surface area contributed by atoms with Crippen LogP contribution < -0.4 is 0 Å². The summed E-state index contributed by atoms with van der Waals surface area (Å²) in [6.45, 7) is 4.69. The van der Waals surface area contributed by atoms with E-state index < -0.39 is 13.7 Å². The molecule has 0 aliphatic rings. The Morgan fingerprint density at radius 1 is 0.735 bits per heavy atom. The Labute approximate surface area is 310 Å². The summed E-state index contributed by atoms with van der Waals surface area (Å²) in [5.74, 6) is 1.61. The van der Waals surface area contributed by atoms with Crippen LogP contribution in [0, 0.1) is 26.0 Å². The van der Waals surface area contributed by atoms with Gasteiger partial charge in [-0.3, -0.25) is 4.98 Å². The summed E-state index contributed by atoms with van der Waals surface area (Å²) in [5.41, 5.74) is 9.21. The van der Waals surface area contributed by atoms with Gasteiger partial charge in [-0.25, -0.2) is 0 Å². The van der Waals surface area contributed by atoms with E-state index in [1.807, 2.05) is 12.1 Å². The van der Waals surface area contributed by atoms with Crippen molar-refractivity contribution in [2.45, 2.75) is 53.2 Å². The quantitative estimate of drug-likeness (QED) is 0.162. The third-order valence-electron chi connectivity index (χ3n) is 8.61. The SMILES string of the molecule is CC(C)c1cccc(C(C)C)c1-n1c(-c2[c-]oc3c2ccc2ccccc23)nc2ccccc21.[2H]C([2H])([2H])c1c[c-]c(-c2ccc(C([2H])([2H])[2H])cn2)cc1.[Ir]. The second-order valence-corrected chi connectivity index (χ2v) is 12.5. The molecule has 5 aromatic carbocycles. The van der Waals surface area contributed by atoms with E-state index in [-0.39, 0.29) is 31.2 Å². The van der Waals surface area contributed by atoms with Crippen molar-refractivity contribution >= 4 is 32.8 Å². The molecule has 247 valence electrons. The van der Waals surface area contributed by atoms with Gasteiger partial charge in [0.15, 0.2) is 0 Å². The topological polar surface area (TPSA) is 43.9 Å². The van der Waals surface area contributed by atoms with E-state index in [4.69, 9.17) is 17.6 Å². The molecule has 0 unspecified atom stereocenters. The molecule has 1 radical (unpaired) electrons. The van der Waals surface area contributed by atoms with E-state index in [1.165, 1.54) is 41.2 Å². The molecule has 0 saturated heterocycles. The molecular formula is C44H39IrN3O-2. The molecule has 3 aromatic heterocycles. The van der Waals surface area contributed by atoms with Crippen LogP contribution in [0.4, 0.5) is 0 Å². The van der Waals surface area contributed by atoms with Gasteiger partial charge >= 0.3 is 0 Å². The molecule has 0 saturated carbocycles. The zero-order chi connectivity index (χ0) is 38.4. The average Bonchev–Trinajstić information content (AvgIpc) is 3.76. The van der Waals surface area contributed by atoms with Gasteiger partial charge in [-0.1, -0.05) is 118 Å². The zero-order valence-corrected chi connectivity index (χ0v) is 30.1. The monoisotopic (exact) mass is 824 g/mol. The molecule has 3 heterocycles. The van der Waals surface area contributed by atoms with E-state index in [0.717, 1.165) is 44.2 Å². The van der Waals surface area contributed by atoms with Gasteiger partial charge in [0, 0.05) is 52.1 Å². The Morgan fingerprint density at radius 3 is 2.16 bits per heavy atom. The molecule has 0 amide bonds. The molecule has 0 aliphatic carbocycles. The second-order valence-electron chi connectivity index (χ2n) is 12.5. The first kappa shape index (κ1) is 27.0.